The summed E-state index contributed by atoms with van der Waals surface area (Å²) in [4.78, 5) is 32.7. The lowest BCUT2D eigenvalue weighted by Gasteiger charge is -2.32. The standard InChI is InChI=1S/C23H28F5N5O3/c1-12(23(26,27)28)10-17(34)31-18(13-2-3-13)15-6-9-33-11-16(30-20(33)29-15)19(32-21(35)36)14-4-7-22(24,25)8-5-14/h6,9,11-14,18-19,32H,2-5,7-8,10H2,1H3,(H,31,34)(H,35,36)/t12?,18-,19-/m0/s1. The molecule has 1 unspecified atom stereocenters. The molecule has 0 spiro atoms. The van der Waals surface area contributed by atoms with E-state index in [9.17, 15) is 36.6 Å². The molecule has 2 heterocycles. The zero-order chi connectivity index (χ0) is 26.3. The van der Waals surface area contributed by atoms with Crippen LogP contribution < -0.4 is 10.6 Å². The zero-order valence-electron chi connectivity index (χ0n) is 19.6. The summed E-state index contributed by atoms with van der Waals surface area (Å²) in [6.45, 7) is 0.955. The molecule has 13 heteroatoms. The van der Waals surface area contributed by atoms with E-state index < -0.39 is 48.5 Å². The molecule has 2 fully saturated rings. The molecular weight excluding hydrogens is 489 g/mol. The van der Waals surface area contributed by atoms with Crippen LogP contribution in [0.25, 0.3) is 5.78 Å². The van der Waals surface area contributed by atoms with Gasteiger partial charge in [0.2, 0.25) is 17.6 Å². The van der Waals surface area contributed by atoms with Gasteiger partial charge in [-0.3, -0.25) is 9.20 Å². The first-order valence-electron chi connectivity index (χ1n) is 11.9. The topological polar surface area (TPSA) is 109 Å². The normalized spacial score (nSPS) is 21.1. The number of nitrogens with one attached hydrogen (secondary N) is 2. The number of carboxylic acid groups (broad SMARTS) is 1. The highest BCUT2D eigenvalue weighted by molar-refractivity contribution is 5.76. The van der Waals surface area contributed by atoms with Gasteiger partial charge in [0.15, 0.2) is 0 Å². The van der Waals surface area contributed by atoms with Crippen molar-refractivity contribution in [2.24, 2.45) is 17.8 Å². The van der Waals surface area contributed by atoms with Crippen LogP contribution in [0.1, 0.15) is 75.3 Å². The van der Waals surface area contributed by atoms with Gasteiger partial charge in [-0.2, -0.15) is 13.2 Å². The van der Waals surface area contributed by atoms with Crippen LogP contribution in [0.15, 0.2) is 18.5 Å². The first-order valence-corrected chi connectivity index (χ1v) is 11.9. The van der Waals surface area contributed by atoms with Gasteiger partial charge in [-0.15, -0.1) is 0 Å². The van der Waals surface area contributed by atoms with Gasteiger partial charge >= 0.3 is 12.3 Å². The third-order valence-electron chi connectivity index (χ3n) is 6.98. The first kappa shape index (κ1) is 26.1. The largest absolute Gasteiger partial charge is 0.465 e. The number of carbonyl (C=O) groups is 2. The van der Waals surface area contributed by atoms with Gasteiger partial charge in [-0.05, 0) is 43.6 Å². The van der Waals surface area contributed by atoms with Crippen LogP contribution in [0.4, 0.5) is 26.7 Å². The molecule has 2 aromatic rings. The van der Waals surface area contributed by atoms with E-state index in [2.05, 4.69) is 20.6 Å². The molecule has 2 amide bonds. The van der Waals surface area contributed by atoms with Gasteiger partial charge in [0.1, 0.15) is 0 Å². The van der Waals surface area contributed by atoms with E-state index in [-0.39, 0.29) is 43.3 Å². The number of amides is 2. The predicted octanol–water partition coefficient (Wildman–Crippen LogP) is 5.02. The van der Waals surface area contributed by atoms with Gasteiger partial charge in [-0.1, -0.05) is 6.92 Å². The summed E-state index contributed by atoms with van der Waals surface area (Å²) in [6.07, 6.45) is -2.05. The quantitative estimate of drug-likeness (QED) is 0.426. The van der Waals surface area contributed by atoms with Crippen LogP contribution >= 0.6 is 0 Å². The second-order valence-corrected chi connectivity index (χ2v) is 9.88. The van der Waals surface area contributed by atoms with Crippen molar-refractivity contribution in [3.05, 3.63) is 29.8 Å². The second-order valence-electron chi connectivity index (χ2n) is 9.88. The lowest BCUT2D eigenvalue weighted by Crippen LogP contribution is -2.36. The summed E-state index contributed by atoms with van der Waals surface area (Å²) >= 11 is 0. The second kappa shape index (κ2) is 9.81. The molecule has 0 saturated heterocycles. The fourth-order valence-electron chi connectivity index (χ4n) is 4.68. The maximum atomic E-state index is 13.6. The van der Waals surface area contributed by atoms with Crippen LogP contribution in [-0.2, 0) is 4.79 Å². The van der Waals surface area contributed by atoms with Crippen LogP contribution in [0, 0.1) is 17.8 Å². The molecule has 198 valence electrons. The van der Waals surface area contributed by atoms with Crippen molar-refractivity contribution in [3.8, 4) is 0 Å². The van der Waals surface area contributed by atoms with Crippen LogP contribution in [0.2, 0.25) is 0 Å². The average Bonchev–Trinajstić information content (AvgIpc) is 3.53. The smallest absolute Gasteiger partial charge is 0.405 e. The Kier molecular flexibility index (Phi) is 7.11. The molecule has 0 bridgehead atoms. The van der Waals surface area contributed by atoms with Crippen molar-refractivity contribution in [3.63, 3.8) is 0 Å². The molecule has 2 saturated carbocycles. The van der Waals surface area contributed by atoms with E-state index in [1.165, 1.54) is 0 Å². The number of aromatic nitrogens is 3. The number of nitrogens with zero attached hydrogens (tertiary/aromatic N) is 3. The predicted molar refractivity (Wildman–Crippen MR) is 117 cm³/mol. The molecule has 0 radical (unpaired) electrons. The Hall–Kier alpha value is -2.99. The summed E-state index contributed by atoms with van der Waals surface area (Å²) in [6, 6.07) is 0.263. The molecule has 2 aliphatic carbocycles. The number of hydrogen-bond donors (Lipinski definition) is 3. The lowest BCUT2D eigenvalue weighted by molar-refractivity contribution is -0.174. The number of alkyl halides is 5. The zero-order valence-corrected chi connectivity index (χ0v) is 19.6. The highest BCUT2D eigenvalue weighted by Gasteiger charge is 2.41. The third kappa shape index (κ3) is 6.22. The number of rotatable bonds is 8. The molecule has 4 rings (SSSR count). The number of fused-ring (bicyclic) bond motifs is 1. The monoisotopic (exact) mass is 517 g/mol. The van der Waals surface area contributed by atoms with E-state index in [0.29, 0.717) is 11.4 Å². The Morgan fingerprint density at radius 3 is 2.25 bits per heavy atom. The number of carbonyl (C=O) groups excluding carboxylic acids is 1. The molecule has 0 aliphatic heterocycles. The summed E-state index contributed by atoms with van der Waals surface area (Å²) in [7, 11) is 0. The third-order valence-corrected chi connectivity index (χ3v) is 6.98. The molecule has 8 nitrogen and oxygen atoms in total. The van der Waals surface area contributed by atoms with Crippen LogP contribution in [0.5, 0.6) is 0 Å². The summed E-state index contributed by atoms with van der Waals surface area (Å²) in [5.74, 6) is -5.36. The van der Waals surface area contributed by atoms with Gasteiger partial charge in [-0.25, -0.2) is 23.5 Å². The Morgan fingerprint density at radius 1 is 1.08 bits per heavy atom. The molecule has 2 aromatic heterocycles. The number of hydrogen-bond acceptors (Lipinski definition) is 4. The van der Waals surface area contributed by atoms with Gasteiger partial charge < -0.3 is 15.7 Å². The first-order chi connectivity index (χ1) is 16.8. The highest BCUT2D eigenvalue weighted by atomic mass is 19.4. The highest BCUT2D eigenvalue weighted by Crippen LogP contribution is 2.42. The molecule has 2 aliphatic rings. The maximum absolute atomic E-state index is 13.6. The van der Waals surface area contributed by atoms with Crippen LogP contribution in [0.3, 0.4) is 0 Å². The van der Waals surface area contributed by atoms with Crippen molar-refractivity contribution in [2.75, 3.05) is 0 Å². The number of imidazole rings is 1. The fourth-order valence-corrected chi connectivity index (χ4v) is 4.68. The molecule has 36 heavy (non-hydrogen) atoms. The molecule has 0 aromatic carbocycles. The SMILES string of the molecule is CC(CC(=O)N[C@H](c1ccn2cc([C@@H](NC(=O)O)C3CCC(F)(F)CC3)nc2n1)C1CC1)C(F)(F)F. The Balaban J connectivity index is 1.54. The summed E-state index contributed by atoms with van der Waals surface area (Å²) < 4.78 is 67.4. The van der Waals surface area contributed by atoms with E-state index in [0.717, 1.165) is 19.8 Å². The minimum atomic E-state index is -4.47. The minimum Gasteiger partial charge on any atom is -0.465 e. The average molecular weight is 517 g/mol. The molecule has 3 N–H and O–H groups in total. The van der Waals surface area contributed by atoms with E-state index >= 15 is 0 Å². The maximum Gasteiger partial charge on any atom is 0.405 e. The summed E-state index contributed by atoms with van der Waals surface area (Å²) in [5.41, 5.74) is 0.776. The van der Waals surface area contributed by atoms with Crippen molar-refractivity contribution in [1.29, 1.82) is 0 Å². The fraction of sp³-hybridized carbons (Fsp3) is 0.652. The van der Waals surface area contributed by atoms with Crippen molar-refractivity contribution in [1.82, 2.24) is 25.0 Å². The van der Waals surface area contributed by atoms with Gasteiger partial charge in [0.25, 0.3) is 0 Å². The van der Waals surface area contributed by atoms with Crippen molar-refractivity contribution < 1.29 is 36.6 Å². The Morgan fingerprint density at radius 2 is 1.67 bits per heavy atom. The van der Waals surface area contributed by atoms with Gasteiger partial charge in [0, 0.05) is 31.7 Å². The summed E-state index contributed by atoms with van der Waals surface area (Å²) in [5, 5.41) is 14.4. The van der Waals surface area contributed by atoms with E-state index in [1.54, 1.807) is 22.9 Å². The van der Waals surface area contributed by atoms with E-state index in [1.807, 2.05) is 0 Å². The lowest BCUT2D eigenvalue weighted by atomic mass is 9.81. The Labute approximate surface area is 203 Å². The molecular formula is C23H28F5N5O3. The van der Waals surface area contributed by atoms with Crippen LogP contribution in [-0.4, -0.2) is 43.6 Å². The van der Waals surface area contributed by atoms with E-state index in [4.69, 9.17) is 0 Å². The van der Waals surface area contributed by atoms with Gasteiger partial charge in [0.05, 0.1) is 29.4 Å². The van der Waals surface area contributed by atoms with Crippen molar-refractivity contribution >= 4 is 17.8 Å². The number of halogens is 5. The van der Waals surface area contributed by atoms with Crippen molar-refractivity contribution in [2.45, 2.75) is 76.1 Å². The Bertz CT molecular complexity index is 1110. The molecule has 3 atom stereocenters. The minimum absolute atomic E-state index is 0.0462.